The third kappa shape index (κ3) is 3.75. The van der Waals surface area contributed by atoms with Crippen molar-refractivity contribution in [2.24, 2.45) is 0 Å². The van der Waals surface area contributed by atoms with Crippen molar-refractivity contribution in [3.05, 3.63) is 34.2 Å². The Balaban J connectivity index is 1.81. The van der Waals surface area contributed by atoms with E-state index < -0.39 is 0 Å². The van der Waals surface area contributed by atoms with Gasteiger partial charge in [0.2, 0.25) is 0 Å². The maximum absolute atomic E-state index is 12.5. The lowest BCUT2D eigenvalue weighted by atomic mass is 10.1. The number of carbonyl (C=O) groups is 2. The standard InChI is InChI=1S/C19H24N2O3S/c1-4-14(3)21-18(22)17(25-19(21)23)12-15-5-6-16(11-13(15)2)20-7-9-24-10-8-20/h5-6,11-12,14H,4,7-10H2,1-3H3/b17-12+/t14-/m1/s1. The molecule has 1 aromatic carbocycles. The molecule has 2 aliphatic heterocycles. The van der Waals surface area contributed by atoms with Crippen LogP contribution < -0.4 is 4.90 Å². The third-order valence-electron chi connectivity index (χ3n) is 4.77. The minimum Gasteiger partial charge on any atom is -0.378 e. The van der Waals surface area contributed by atoms with Gasteiger partial charge in [-0.3, -0.25) is 14.5 Å². The quantitative estimate of drug-likeness (QED) is 0.767. The van der Waals surface area contributed by atoms with E-state index in [1.54, 1.807) is 0 Å². The van der Waals surface area contributed by atoms with Crippen LogP contribution in [0.3, 0.4) is 0 Å². The van der Waals surface area contributed by atoms with E-state index in [4.69, 9.17) is 4.74 Å². The number of benzene rings is 1. The van der Waals surface area contributed by atoms with E-state index in [1.165, 1.54) is 10.6 Å². The summed E-state index contributed by atoms with van der Waals surface area (Å²) in [5.41, 5.74) is 3.25. The zero-order valence-corrected chi connectivity index (χ0v) is 15.8. The highest BCUT2D eigenvalue weighted by Crippen LogP contribution is 2.35. The summed E-state index contributed by atoms with van der Waals surface area (Å²) in [4.78, 5) is 28.9. The Morgan fingerprint density at radius 3 is 2.64 bits per heavy atom. The number of anilines is 1. The molecule has 5 nitrogen and oxygen atoms in total. The number of ether oxygens (including phenoxy) is 1. The number of nitrogens with zero attached hydrogens (tertiary/aromatic N) is 2. The summed E-state index contributed by atoms with van der Waals surface area (Å²) in [6.45, 7) is 9.22. The van der Waals surface area contributed by atoms with E-state index in [0.29, 0.717) is 4.91 Å². The monoisotopic (exact) mass is 360 g/mol. The molecule has 2 heterocycles. The van der Waals surface area contributed by atoms with Crippen molar-refractivity contribution >= 4 is 34.7 Å². The number of imide groups is 1. The van der Waals surface area contributed by atoms with Crippen LogP contribution in [0.1, 0.15) is 31.4 Å². The van der Waals surface area contributed by atoms with Gasteiger partial charge in [0.05, 0.1) is 18.1 Å². The average molecular weight is 360 g/mol. The zero-order chi connectivity index (χ0) is 18.0. The van der Waals surface area contributed by atoms with Crippen LogP contribution in [0.25, 0.3) is 6.08 Å². The van der Waals surface area contributed by atoms with E-state index in [-0.39, 0.29) is 17.2 Å². The first-order chi connectivity index (χ1) is 12.0. The minimum absolute atomic E-state index is 0.0665. The lowest BCUT2D eigenvalue weighted by Gasteiger charge is -2.29. The molecule has 2 fully saturated rings. The first-order valence-corrected chi connectivity index (χ1v) is 9.53. The number of morpholine rings is 1. The van der Waals surface area contributed by atoms with Crippen LogP contribution in [0.5, 0.6) is 0 Å². The zero-order valence-electron chi connectivity index (χ0n) is 14.9. The van der Waals surface area contributed by atoms with E-state index >= 15 is 0 Å². The van der Waals surface area contributed by atoms with Crippen molar-refractivity contribution in [2.75, 3.05) is 31.2 Å². The second-order valence-electron chi connectivity index (χ2n) is 6.45. The molecular weight excluding hydrogens is 336 g/mol. The molecule has 0 bridgehead atoms. The summed E-state index contributed by atoms with van der Waals surface area (Å²) in [7, 11) is 0. The van der Waals surface area contributed by atoms with Gasteiger partial charge in [-0.05, 0) is 61.4 Å². The van der Waals surface area contributed by atoms with Crippen molar-refractivity contribution in [3.63, 3.8) is 0 Å². The molecule has 3 rings (SSSR count). The molecule has 2 amide bonds. The van der Waals surface area contributed by atoms with Gasteiger partial charge in [0.1, 0.15) is 0 Å². The van der Waals surface area contributed by atoms with E-state index in [2.05, 4.69) is 17.0 Å². The Bertz CT molecular complexity index is 711. The molecular formula is C19H24N2O3S. The van der Waals surface area contributed by atoms with Gasteiger partial charge in [-0.2, -0.15) is 0 Å². The first kappa shape index (κ1) is 18.0. The lowest BCUT2D eigenvalue weighted by molar-refractivity contribution is -0.124. The highest BCUT2D eigenvalue weighted by atomic mass is 32.2. The maximum Gasteiger partial charge on any atom is 0.293 e. The molecule has 0 unspecified atom stereocenters. The molecule has 1 aromatic rings. The van der Waals surface area contributed by atoms with Crippen LogP contribution in [0.4, 0.5) is 10.5 Å². The molecule has 0 N–H and O–H groups in total. The van der Waals surface area contributed by atoms with Crippen molar-refractivity contribution < 1.29 is 14.3 Å². The highest BCUT2D eigenvalue weighted by Gasteiger charge is 2.37. The first-order valence-electron chi connectivity index (χ1n) is 8.71. The summed E-state index contributed by atoms with van der Waals surface area (Å²) >= 11 is 1.03. The molecule has 0 aromatic heterocycles. The van der Waals surface area contributed by atoms with Crippen LogP contribution in [-0.2, 0) is 9.53 Å². The van der Waals surface area contributed by atoms with Crippen LogP contribution >= 0.6 is 11.8 Å². The second kappa shape index (κ2) is 7.62. The van der Waals surface area contributed by atoms with Gasteiger partial charge >= 0.3 is 0 Å². The Morgan fingerprint density at radius 2 is 2.00 bits per heavy atom. The summed E-state index contributed by atoms with van der Waals surface area (Å²) < 4.78 is 5.40. The van der Waals surface area contributed by atoms with E-state index in [0.717, 1.165) is 55.6 Å². The second-order valence-corrected chi connectivity index (χ2v) is 7.44. The molecule has 0 aliphatic carbocycles. The normalized spacial score (nSPS) is 21.3. The maximum atomic E-state index is 12.5. The molecule has 0 saturated carbocycles. The van der Waals surface area contributed by atoms with Gasteiger partial charge in [-0.1, -0.05) is 13.0 Å². The van der Waals surface area contributed by atoms with Gasteiger partial charge in [0.15, 0.2) is 0 Å². The van der Waals surface area contributed by atoms with Crippen LogP contribution in [0.15, 0.2) is 23.1 Å². The van der Waals surface area contributed by atoms with Gasteiger partial charge in [-0.15, -0.1) is 0 Å². The molecule has 2 saturated heterocycles. The number of hydrogen-bond acceptors (Lipinski definition) is 5. The summed E-state index contributed by atoms with van der Waals surface area (Å²) in [5.74, 6) is -0.180. The van der Waals surface area contributed by atoms with Crippen molar-refractivity contribution in [1.82, 2.24) is 4.90 Å². The predicted molar refractivity (Wildman–Crippen MR) is 102 cm³/mol. The Labute approximate surface area is 153 Å². The van der Waals surface area contributed by atoms with Crippen LogP contribution in [0.2, 0.25) is 0 Å². The number of rotatable bonds is 4. The van der Waals surface area contributed by atoms with E-state index in [1.807, 2.05) is 32.9 Å². The van der Waals surface area contributed by atoms with Crippen molar-refractivity contribution in [1.29, 1.82) is 0 Å². The molecule has 1 atom stereocenters. The number of thioether (sulfide) groups is 1. The molecule has 25 heavy (non-hydrogen) atoms. The average Bonchev–Trinajstić information content (AvgIpc) is 2.90. The lowest BCUT2D eigenvalue weighted by Crippen LogP contribution is -2.36. The van der Waals surface area contributed by atoms with Crippen LogP contribution in [0, 0.1) is 6.92 Å². The number of carbonyl (C=O) groups excluding carboxylic acids is 2. The molecule has 134 valence electrons. The van der Waals surface area contributed by atoms with Crippen LogP contribution in [-0.4, -0.2) is 48.4 Å². The fourth-order valence-corrected chi connectivity index (χ4v) is 3.94. The molecule has 2 aliphatic rings. The number of amides is 2. The van der Waals surface area contributed by atoms with Gasteiger partial charge in [0, 0.05) is 24.8 Å². The summed E-state index contributed by atoms with van der Waals surface area (Å²) in [5, 5.41) is -0.173. The van der Waals surface area contributed by atoms with Crippen molar-refractivity contribution in [3.8, 4) is 0 Å². The highest BCUT2D eigenvalue weighted by molar-refractivity contribution is 8.18. The Hall–Kier alpha value is -1.79. The molecule has 0 radical (unpaired) electrons. The number of aryl methyl sites for hydroxylation is 1. The van der Waals surface area contributed by atoms with E-state index in [9.17, 15) is 9.59 Å². The molecule has 0 spiro atoms. The third-order valence-corrected chi connectivity index (χ3v) is 5.66. The largest absolute Gasteiger partial charge is 0.378 e. The summed E-state index contributed by atoms with van der Waals surface area (Å²) in [6.07, 6.45) is 2.60. The van der Waals surface area contributed by atoms with Gasteiger partial charge in [0.25, 0.3) is 11.1 Å². The molecule has 6 heteroatoms. The summed E-state index contributed by atoms with van der Waals surface area (Å²) in [6, 6.07) is 6.17. The Kier molecular flexibility index (Phi) is 5.49. The predicted octanol–water partition coefficient (Wildman–Crippen LogP) is 3.67. The number of hydrogen-bond donors (Lipinski definition) is 0. The smallest absolute Gasteiger partial charge is 0.293 e. The fourth-order valence-electron chi connectivity index (χ4n) is 3.02. The van der Waals surface area contributed by atoms with Crippen molar-refractivity contribution in [2.45, 2.75) is 33.2 Å². The SMILES string of the molecule is CC[C@@H](C)N1C(=O)S/C(=C/c2ccc(N3CCOCC3)cc2C)C1=O. The van der Waals surface area contributed by atoms with Gasteiger partial charge in [-0.25, -0.2) is 0 Å². The minimum atomic E-state index is -0.180. The topological polar surface area (TPSA) is 49.9 Å². The Morgan fingerprint density at radius 1 is 1.28 bits per heavy atom. The van der Waals surface area contributed by atoms with Gasteiger partial charge < -0.3 is 9.64 Å². The fraction of sp³-hybridized carbons (Fsp3) is 0.474.